The molecule has 4 heterocycles. The number of ketones is 1. The third-order valence-electron chi connectivity index (χ3n) is 9.36. The summed E-state index contributed by atoms with van der Waals surface area (Å²) in [6.45, 7) is 1.75. The molecule has 2 aromatic carbocycles. The Morgan fingerprint density at radius 2 is 1.84 bits per heavy atom. The summed E-state index contributed by atoms with van der Waals surface area (Å²) >= 11 is 0. The zero-order valence-corrected chi connectivity index (χ0v) is 24.7. The van der Waals surface area contributed by atoms with E-state index in [1.54, 1.807) is 13.3 Å². The summed E-state index contributed by atoms with van der Waals surface area (Å²) in [6.07, 6.45) is 7.58. The number of methoxy groups -OCH3 is 1. The van der Waals surface area contributed by atoms with Crippen molar-refractivity contribution in [3.8, 4) is 17.0 Å². The first-order valence-corrected chi connectivity index (χ1v) is 14.9. The number of carbonyl (C=O) groups is 1. The number of halogens is 2. The third kappa shape index (κ3) is 4.89. The Morgan fingerprint density at radius 3 is 2.56 bits per heavy atom. The molecule has 0 bridgehead atoms. The van der Waals surface area contributed by atoms with Crippen molar-refractivity contribution in [1.29, 1.82) is 0 Å². The highest BCUT2D eigenvalue weighted by Gasteiger charge is 2.47. The molecule has 0 atom stereocenters. The fourth-order valence-electron chi connectivity index (χ4n) is 7.07. The molecule has 5 aromatic rings. The fraction of sp³-hybridized carbons (Fsp3) is 0.382. The van der Waals surface area contributed by atoms with Crippen molar-refractivity contribution in [3.63, 3.8) is 0 Å². The molecule has 0 N–H and O–H groups in total. The number of hydrogen-bond acceptors (Lipinski definition) is 5. The lowest BCUT2D eigenvalue weighted by atomic mass is 9.83. The molecule has 0 spiro atoms. The molecule has 7 rings (SSSR count). The summed E-state index contributed by atoms with van der Waals surface area (Å²) in [7, 11) is 3.55. The van der Waals surface area contributed by atoms with Crippen molar-refractivity contribution >= 4 is 22.2 Å². The van der Waals surface area contributed by atoms with Crippen LogP contribution in [0.3, 0.4) is 0 Å². The van der Waals surface area contributed by atoms with Gasteiger partial charge in [-0.2, -0.15) is 0 Å². The molecule has 1 aliphatic carbocycles. The number of nitrogens with zero attached hydrogens (tertiary/aromatic N) is 5. The van der Waals surface area contributed by atoms with Crippen LogP contribution in [0.4, 0.5) is 8.78 Å². The van der Waals surface area contributed by atoms with Gasteiger partial charge >= 0.3 is 0 Å². The molecule has 222 valence electrons. The SMILES string of the molecule is COc1cc(-c2nc(C3CCC(N4CC(F)(F)C4)CC3)n3ccnc(C)c23)ccc1CC(=O)c1cc2ccccc2n1C. The van der Waals surface area contributed by atoms with Crippen molar-refractivity contribution in [2.45, 2.75) is 56.9 Å². The molecule has 1 aliphatic heterocycles. The summed E-state index contributed by atoms with van der Waals surface area (Å²) in [5.74, 6) is -0.648. The van der Waals surface area contributed by atoms with Crippen LogP contribution in [0.25, 0.3) is 27.7 Å². The maximum atomic E-state index is 13.4. The van der Waals surface area contributed by atoms with Crippen LogP contribution in [0.5, 0.6) is 5.75 Å². The smallest absolute Gasteiger partial charge is 0.272 e. The summed E-state index contributed by atoms with van der Waals surface area (Å²) in [6, 6.07) is 16.1. The van der Waals surface area contributed by atoms with E-state index in [2.05, 4.69) is 9.38 Å². The van der Waals surface area contributed by atoms with Crippen LogP contribution in [0.1, 0.15) is 59.2 Å². The lowest BCUT2D eigenvalue weighted by Gasteiger charge is -2.46. The number of hydrogen-bond donors (Lipinski definition) is 0. The van der Waals surface area contributed by atoms with Gasteiger partial charge in [0.05, 0.1) is 42.8 Å². The standard InChI is InChI=1S/C34H35F2N5O2/c1-21-32-31(38-33(41(32)15-14-37-21)22-10-12-26(13-11-22)40-19-34(35,36)20-40)25-9-8-24(30(18-25)43-3)17-29(42)28-16-23-6-4-5-7-27(23)39(28)2/h4-9,14-16,18,22,26H,10-13,17,19-20H2,1-3H3. The Balaban J connectivity index is 1.17. The topological polar surface area (TPSA) is 64.7 Å². The van der Waals surface area contributed by atoms with Gasteiger partial charge in [0.2, 0.25) is 0 Å². The Morgan fingerprint density at radius 1 is 1.07 bits per heavy atom. The molecule has 2 fully saturated rings. The molecule has 3 aromatic heterocycles. The van der Waals surface area contributed by atoms with Gasteiger partial charge < -0.3 is 9.30 Å². The number of carbonyl (C=O) groups excluding carboxylic acids is 1. The van der Waals surface area contributed by atoms with Crippen molar-refractivity contribution < 1.29 is 18.3 Å². The number of Topliss-reactive ketones (excluding diaryl/α,β-unsaturated/α-hetero) is 1. The van der Waals surface area contributed by atoms with Crippen LogP contribution in [-0.4, -0.2) is 61.8 Å². The molecule has 1 saturated carbocycles. The van der Waals surface area contributed by atoms with Gasteiger partial charge in [0.25, 0.3) is 5.92 Å². The number of para-hydroxylation sites is 1. The molecule has 43 heavy (non-hydrogen) atoms. The Bertz CT molecular complexity index is 1840. The number of fused-ring (bicyclic) bond motifs is 2. The normalized spacial score (nSPS) is 20.4. The summed E-state index contributed by atoms with van der Waals surface area (Å²) in [5.41, 5.74) is 6.05. The van der Waals surface area contributed by atoms with Gasteiger partial charge in [-0.05, 0) is 50.8 Å². The van der Waals surface area contributed by atoms with E-state index in [1.165, 1.54) is 0 Å². The average molecular weight is 584 g/mol. The van der Waals surface area contributed by atoms with Gasteiger partial charge in [-0.25, -0.2) is 13.8 Å². The number of aryl methyl sites for hydroxylation is 2. The van der Waals surface area contributed by atoms with Crippen LogP contribution in [0.15, 0.2) is 60.9 Å². The van der Waals surface area contributed by atoms with Crippen molar-refractivity contribution in [2.75, 3.05) is 20.2 Å². The number of benzene rings is 2. The molecule has 0 unspecified atom stereocenters. The number of alkyl halides is 2. The van der Waals surface area contributed by atoms with E-state index in [0.29, 0.717) is 11.4 Å². The number of aromatic nitrogens is 4. The molecule has 1 saturated heterocycles. The number of imidazole rings is 1. The predicted molar refractivity (Wildman–Crippen MR) is 162 cm³/mol. The van der Waals surface area contributed by atoms with Crippen molar-refractivity contribution in [2.24, 2.45) is 7.05 Å². The first-order chi connectivity index (χ1) is 20.7. The number of ether oxygens (including phenoxy) is 1. The minimum Gasteiger partial charge on any atom is -0.496 e. The highest BCUT2D eigenvalue weighted by Crippen LogP contribution is 2.41. The van der Waals surface area contributed by atoms with Crippen molar-refractivity contribution in [3.05, 3.63) is 83.7 Å². The quantitative estimate of drug-likeness (QED) is 0.202. The molecular weight excluding hydrogens is 548 g/mol. The summed E-state index contributed by atoms with van der Waals surface area (Å²) in [5, 5.41) is 1.04. The zero-order chi connectivity index (χ0) is 29.9. The molecular formula is C34H35F2N5O2. The van der Waals surface area contributed by atoms with Crippen LogP contribution < -0.4 is 4.74 Å². The zero-order valence-electron chi connectivity index (χ0n) is 24.7. The van der Waals surface area contributed by atoms with E-state index in [4.69, 9.17) is 9.72 Å². The highest BCUT2D eigenvalue weighted by atomic mass is 19.3. The van der Waals surface area contributed by atoms with Gasteiger partial charge in [-0.1, -0.05) is 30.3 Å². The molecule has 2 aliphatic rings. The van der Waals surface area contributed by atoms with Crippen LogP contribution in [0, 0.1) is 6.92 Å². The first kappa shape index (κ1) is 27.7. The number of likely N-dealkylation sites (tertiary alicyclic amines) is 1. The Kier molecular flexibility index (Phi) is 6.80. The summed E-state index contributed by atoms with van der Waals surface area (Å²) in [4.78, 5) is 25.1. The van der Waals surface area contributed by atoms with Crippen LogP contribution >= 0.6 is 0 Å². The van der Waals surface area contributed by atoms with Crippen molar-refractivity contribution in [1.82, 2.24) is 23.8 Å². The largest absolute Gasteiger partial charge is 0.496 e. The van der Waals surface area contributed by atoms with E-state index < -0.39 is 5.92 Å². The second-order valence-corrected chi connectivity index (χ2v) is 12.1. The average Bonchev–Trinajstić information content (AvgIpc) is 3.55. The molecule has 7 nitrogen and oxygen atoms in total. The second-order valence-electron chi connectivity index (χ2n) is 12.1. The van der Waals surface area contributed by atoms with E-state index in [0.717, 1.165) is 70.4 Å². The first-order valence-electron chi connectivity index (χ1n) is 14.9. The molecule has 0 radical (unpaired) electrons. The van der Waals surface area contributed by atoms with Gasteiger partial charge in [-0.3, -0.25) is 19.1 Å². The van der Waals surface area contributed by atoms with Crippen LogP contribution in [0.2, 0.25) is 0 Å². The second kappa shape index (κ2) is 10.6. The maximum absolute atomic E-state index is 13.4. The van der Waals surface area contributed by atoms with E-state index >= 15 is 0 Å². The minimum absolute atomic E-state index is 0.0251. The van der Waals surface area contributed by atoms with E-state index in [9.17, 15) is 13.6 Å². The van der Waals surface area contributed by atoms with Gasteiger partial charge in [0, 0.05) is 59.9 Å². The lowest BCUT2D eigenvalue weighted by Crippen LogP contribution is -2.60. The van der Waals surface area contributed by atoms with E-state index in [-0.39, 0.29) is 37.3 Å². The van der Waals surface area contributed by atoms with Gasteiger partial charge in [0.1, 0.15) is 11.6 Å². The summed E-state index contributed by atoms with van der Waals surface area (Å²) < 4.78 is 36.8. The maximum Gasteiger partial charge on any atom is 0.272 e. The van der Waals surface area contributed by atoms with E-state index in [1.807, 2.05) is 78.2 Å². The van der Waals surface area contributed by atoms with Gasteiger partial charge in [0.15, 0.2) is 5.78 Å². The number of rotatable bonds is 7. The minimum atomic E-state index is -2.53. The fourth-order valence-corrected chi connectivity index (χ4v) is 7.07. The monoisotopic (exact) mass is 583 g/mol. The Labute approximate surface area is 249 Å². The molecule has 0 amide bonds. The lowest BCUT2D eigenvalue weighted by molar-refractivity contribution is -0.150. The van der Waals surface area contributed by atoms with Gasteiger partial charge in [-0.15, -0.1) is 0 Å². The predicted octanol–water partition coefficient (Wildman–Crippen LogP) is 6.61. The molecule has 9 heteroatoms. The third-order valence-corrected chi connectivity index (χ3v) is 9.36. The highest BCUT2D eigenvalue weighted by molar-refractivity contribution is 6.01. The Hall–Kier alpha value is -4.11. The van der Waals surface area contributed by atoms with Crippen LogP contribution in [-0.2, 0) is 13.5 Å².